The van der Waals surface area contributed by atoms with Crippen LogP contribution in [0, 0.1) is 12.8 Å². The number of carbonyl (C=O) groups excluding carboxylic acids is 3. The zero-order valence-corrected chi connectivity index (χ0v) is 19.4. The molecule has 2 heterocycles. The topological polar surface area (TPSA) is 114 Å². The highest BCUT2D eigenvalue weighted by Crippen LogP contribution is 2.28. The molecule has 0 aliphatic heterocycles. The molecule has 8 heteroatoms. The van der Waals surface area contributed by atoms with Crippen LogP contribution in [0.15, 0.2) is 57.6 Å². The number of hydrogen-bond acceptors (Lipinski definition) is 5. The van der Waals surface area contributed by atoms with Gasteiger partial charge in [-0.25, -0.2) is 0 Å². The summed E-state index contributed by atoms with van der Waals surface area (Å²) in [7, 11) is 1.58. The van der Waals surface area contributed by atoms with Crippen molar-refractivity contribution in [3.8, 4) is 11.3 Å². The molecule has 0 saturated heterocycles. The van der Waals surface area contributed by atoms with E-state index in [2.05, 4.69) is 16.0 Å². The summed E-state index contributed by atoms with van der Waals surface area (Å²) in [5.74, 6) is 0.131. The Hall–Kier alpha value is -3.81. The number of anilines is 1. The van der Waals surface area contributed by atoms with Crippen molar-refractivity contribution in [2.45, 2.75) is 45.1 Å². The first kappa shape index (κ1) is 23.4. The molecule has 1 fully saturated rings. The number of benzene rings is 1. The van der Waals surface area contributed by atoms with E-state index in [4.69, 9.17) is 8.83 Å². The average molecular weight is 464 g/mol. The Morgan fingerprint density at radius 1 is 0.941 bits per heavy atom. The first-order chi connectivity index (χ1) is 16.5. The zero-order valence-electron chi connectivity index (χ0n) is 19.4. The third-order valence-electron chi connectivity index (χ3n) is 6.26. The molecule has 3 N–H and O–H groups in total. The van der Waals surface area contributed by atoms with Crippen molar-refractivity contribution in [3.05, 3.63) is 65.8 Å². The highest BCUT2D eigenvalue weighted by molar-refractivity contribution is 6.03. The number of likely N-dealkylation sites (N-methyl/N-ethyl adjacent to an activating group) is 1. The van der Waals surface area contributed by atoms with Crippen molar-refractivity contribution in [2.75, 3.05) is 12.4 Å². The summed E-state index contributed by atoms with van der Waals surface area (Å²) in [6.45, 7) is 1.80. The summed E-state index contributed by atoms with van der Waals surface area (Å²) in [5, 5.41) is 8.32. The van der Waals surface area contributed by atoms with E-state index in [-0.39, 0.29) is 29.3 Å². The van der Waals surface area contributed by atoms with Gasteiger partial charge in [0, 0.05) is 23.9 Å². The third kappa shape index (κ3) is 5.22. The van der Waals surface area contributed by atoms with Crippen LogP contribution < -0.4 is 16.0 Å². The highest BCUT2D eigenvalue weighted by atomic mass is 16.4. The average Bonchev–Trinajstić information content (AvgIpc) is 3.52. The SMILES string of the molecule is CNC(=O)[C@@H](NC(=O)c1ccc(-c2ccc(NC(=O)c3occc3C)cc2)o1)C1CCCCC1. The molecule has 8 nitrogen and oxygen atoms in total. The molecule has 0 unspecified atom stereocenters. The lowest BCUT2D eigenvalue weighted by Crippen LogP contribution is -2.50. The van der Waals surface area contributed by atoms with Crippen molar-refractivity contribution in [1.29, 1.82) is 0 Å². The number of nitrogens with one attached hydrogen (secondary N) is 3. The van der Waals surface area contributed by atoms with Crippen molar-refractivity contribution in [3.63, 3.8) is 0 Å². The highest BCUT2D eigenvalue weighted by Gasteiger charge is 2.31. The molecule has 3 aromatic rings. The van der Waals surface area contributed by atoms with Gasteiger partial charge in [-0.3, -0.25) is 14.4 Å². The van der Waals surface area contributed by atoms with Crippen molar-refractivity contribution in [2.24, 2.45) is 5.92 Å². The van der Waals surface area contributed by atoms with Gasteiger partial charge in [0.25, 0.3) is 11.8 Å². The van der Waals surface area contributed by atoms with Gasteiger partial charge < -0.3 is 24.8 Å². The number of amides is 3. The maximum Gasteiger partial charge on any atom is 0.291 e. The van der Waals surface area contributed by atoms with Gasteiger partial charge in [0.2, 0.25) is 5.91 Å². The summed E-state index contributed by atoms with van der Waals surface area (Å²) < 4.78 is 11.0. The van der Waals surface area contributed by atoms with Gasteiger partial charge in [-0.1, -0.05) is 19.3 Å². The van der Waals surface area contributed by atoms with E-state index in [1.807, 2.05) is 0 Å². The van der Waals surface area contributed by atoms with Crippen LogP contribution in [0.3, 0.4) is 0 Å². The minimum Gasteiger partial charge on any atom is -0.459 e. The molecule has 0 spiro atoms. The van der Waals surface area contributed by atoms with E-state index in [9.17, 15) is 14.4 Å². The number of rotatable bonds is 7. The fourth-order valence-electron chi connectivity index (χ4n) is 4.36. The van der Waals surface area contributed by atoms with E-state index < -0.39 is 11.9 Å². The molecule has 178 valence electrons. The molecule has 1 atom stereocenters. The molecule has 3 amide bonds. The Morgan fingerprint density at radius 3 is 2.32 bits per heavy atom. The van der Waals surface area contributed by atoms with Gasteiger partial charge in [-0.05, 0) is 68.1 Å². The van der Waals surface area contributed by atoms with E-state index >= 15 is 0 Å². The number of aryl methyl sites for hydroxylation is 1. The first-order valence-corrected chi connectivity index (χ1v) is 11.5. The standard InChI is InChI=1S/C26H29N3O5/c1-16-14-15-33-23(16)26(32)28-19-10-8-17(9-11-19)20-12-13-21(34-20)24(30)29-22(25(31)27-2)18-6-4-3-5-7-18/h8-15,18,22H,3-7H2,1-2H3,(H,27,31)(H,28,32)(H,29,30)/t22-/m0/s1. The zero-order chi connectivity index (χ0) is 24.1. The summed E-state index contributed by atoms with van der Waals surface area (Å²) in [5.41, 5.74) is 2.12. The Morgan fingerprint density at radius 2 is 1.68 bits per heavy atom. The van der Waals surface area contributed by atoms with Crippen molar-refractivity contribution in [1.82, 2.24) is 10.6 Å². The van der Waals surface area contributed by atoms with E-state index in [0.29, 0.717) is 11.4 Å². The number of carbonyl (C=O) groups is 3. The lowest BCUT2D eigenvalue weighted by atomic mass is 9.83. The smallest absolute Gasteiger partial charge is 0.291 e. The lowest BCUT2D eigenvalue weighted by molar-refractivity contribution is -0.124. The van der Waals surface area contributed by atoms with Crippen molar-refractivity contribution < 1.29 is 23.2 Å². The molecule has 4 rings (SSSR count). The molecule has 0 bridgehead atoms. The van der Waals surface area contributed by atoms with Gasteiger partial charge in [-0.15, -0.1) is 0 Å². The van der Waals surface area contributed by atoms with Crippen molar-refractivity contribution >= 4 is 23.4 Å². The van der Waals surface area contributed by atoms with Crippen LogP contribution in [0.2, 0.25) is 0 Å². The molecule has 2 aromatic heterocycles. The van der Waals surface area contributed by atoms with Crippen LogP contribution in [0.25, 0.3) is 11.3 Å². The largest absolute Gasteiger partial charge is 0.459 e. The van der Waals surface area contributed by atoms with Crippen LogP contribution in [-0.2, 0) is 4.79 Å². The van der Waals surface area contributed by atoms with Crippen LogP contribution in [0.5, 0.6) is 0 Å². The van der Waals surface area contributed by atoms with Gasteiger partial charge in [-0.2, -0.15) is 0 Å². The maximum absolute atomic E-state index is 12.8. The van der Waals surface area contributed by atoms with Gasteiger partial charge in [0.15, 0.2) is 11.5 Å². The Balaban J connectivity index is 1.41. The van der Waals surface area contributed by atoms with E-state index in [0.717, 1.165) is 43.2 Å². The van der Waals surface area contributed by atoms with E-state index in [1.54, 1.807) is 56.4 Å². The predicted octanol–water partition coefficient (Wildman–Crippen LogP) is 4.53. The summed E-state index contributed by atoms with van der Waals surface area (Å²) in [6, 6.07) is 11.5. The van der Waals surface area contributed by atoms with Crippen LogP contribution >= 0.6 is 0 Å². The Labute approximate surface area is 198 Å². The fraction of sp³-hybridized carbons (Fsp3) is 0.346. The second-order valence-corrected chi connectivity index (χ2v) is 8.59. The maximum atomic E-state index is 12.8. The Kier molecular flexibility index (Phi) is 7.15. The van der Waals surface area contributed by atoms with E-state index in [1.165, 1.54) is 6.26 Å². The van der Waals surface area contributed by atoms with Gasteiger partial charge in [0.05, 0.1) is 6.26 Å². The number of hydrogen-bond donors (Lipinski definition) is 3. The molecule has 34 heavy (non-hydrogen) atoms. The monoisotopic (exact) mass is 463 g/mol. The molecule has 0 radical (unpaired) electrons. The lowest BCUT2D eigenvalue weighted by Gasteiger charge is -2.29. The summed E-state index contributed by atoms with van der Waals surface area (Å²) >= 11 is 0. The van der Waals surface area contributed by atoms with Gasteiger partial charge in [0.1, 0.15) is 11.8 Å². The molecule has 1 saturated carbocycles. The Bertz CT molecular complexity index is 1160. The van der Waals surface area contributed by atoms with Crippen LogP contribution in [-0.4, -0.2) is 30.8 Å². The minimum absolute atomic E-state index is 0.125. The first-order valence-electron chi connectivity index (χ1n) is 11.5. The second-order valence-electron chi connectivity index (χ2n) is 8.59. The van der Waals surface area contributed by atoms with Crippen LogP contribution in [0.1, 0.15) is 58.8 Å². The summed E-state index contributed by atoms with van der Waals surface area (Å²) in [4.78, 5) is 37.6. The second kappa shape index (κ2) is 10.4. The minimum atomic E-state index is -0.577. The molecule has 1 aliphatic rings. The quantitative estimate of drug-likeness (QED) is 0.477. The van der Waals surface area contributed by atoms with Crippen LogP contribution in [0.4, 0.5) is 5.69 Å². The fourth-order valence-corrected chi connectivity index (χ4v) is 4.36. The molecule has 1 aromatic carbocycles. The van der Waals surface area contributed by atoms with Gasteiger partial charge >= 0.3 is 0 Å². The molecular formula is C26H29N3O5. The molecular weight excluding hydrogens is 434 g/mol. The third-order valence-corrected chi connectivity index (χ3v) is 6.26. The normalized spacial score (nSPS) is 14.9. The predicted molar refractivity (Wildman–Crippen MR) is 127 cm³/mol. The number of furan rings is 2. The molecule has 1 aliphatic carbocycles. The summed E-state index contributed by atoms with van der Waals surface area (Å²) in [6.07, 6.45) is 6.61.